The second kappa shape index (κ2) is 8.59. The number of aryl methyl sites for hydroxylation is 1. The number of nitrogens with zero attached hydrogens (tertiary/aromatic N) is 2. The zero-order chi connectivity index (χ0) is 23.1. The molecule has 1 heterocycles. The Labute approximate surface area is 181 Å². The van der Waals surface area contributed by atoms with Crippen LogP contribution in [0.2, 0.25) is 0 Å². The molecule has 7 nitrogen and oxygen atoms in total. The maximum Gasteiger partial charge on any atom is 0.341 e. The predicted molar refractivity (Wildman–Crippen MR) is 118 cm³/mol. The third-order valence-corrected chi connectivity index (χ3v) is 5.84. The Morgan fingerprint density at radius 1 is 1.42 bits per heavy atom. The van der Waals surface area contributed by atoms with Crippen LogP contribution in [0.1, 0.15) is 55.1 Å². The number of carbonyl (C=O) groups is 1. The van der Waals surface area contributed by atoms with Crippen LogP contribution in [0.4, 0.5) is 10.1 Å². The number of aliphatic hydroxyl groups excluding tert-OH is 1. The van der Waals surface area contributed by atoms with Crippen molar-refractivity contribution in [1.82, 2.24) is 4.57 Å². The summed E-state index contributed by atoms with van der Waals surface area (Å²) in [5, 5.41) is 19.6. The van der Waals surface area contributed by atoms with Gasteiger partial charge in [-0.15, -0.1) is 0 Å². The zero-order valence-corrected chi connectivity index (χ0v) is 18.7. The van der Waals surface area contributed by atoms with Gasteiger partial charge in [0.2, 0.25) is 5.43 Å². The third-order valence-electron chi connectivity index (χ3n) is 5.84. The van der Waals surface area contributed by atoms with E-state index in [4.69, 9.17) is 4.74 Å². The van der Waals surface area contributed by atoms with Crippen molar-refractivity contribution < 1.29 is 24.1 Å². The van der Waals surface area contributed by atoms with Crippen LogP contribution in [-0.4, -0.2) is 54.2 Å². The van der Waals surface area contributed by atoms with E-state index in [-0.39, 0.29) is 29.0 Å². The van der Waals surface area contributed by atoms with Crippen LogP contribution in [0.3, 0.4) is 0 Å². The molecule has 0 amide bonds. The molecule has 0 radical (unpaired) electrons. The highest BCUT2D eigenvalue weighted by atomic mass is 19.1. The number of hydrogen-bond acceptors (Lipinski definition) is 5. The number of rotatable bonds is 9. The van der Waals surface area contributed by atoms with Crippen LogP contribution in [-0.2, 0) is 4.74 Å². The number of aromatic carboxylic acids is 1. The van der Waals surface area contributed by atoms with Crippen molar-refractivity contribution in [3.05, 3.63) is 39.4 Å². The minimum Gasteiger partial charge on any atom is -0.477 e. The van der Waals surface area contributed by atoms with Crippen molar-refractivity contribution in [3.63, 3.8) is 0 Å². The largest absolute Gasteiger partial charge is 0.477 e. The van der Waals surface area contributed by atoms with Crippen molar-refractivity contribution in [2.75, 3.05) is 32.2 Å². The van der Waals surface area contributed by atoms with Crippen LogP contribution in [0.15, 0.2) is 17.1 Å². The number of halogens is 1. The molecule has 2 aromatic rings. The topological polar surface area (TPSA) is 92.0 Å². The van der Waals surface area contributed by atoms with E-state index >= 15 is 4.39 Å². The maximum absolute atomic E-state index is 15.2. The van der Waals surface area contributed by atoms with Gasteiger partial charge < -0.3 is 24.4 Å². The molecular formula is C23H31FN2O5. The van der Waals surface area contributed by atoms with Crippen molar-refractivity contribution in [2.24, 2.45) is 5.41 Å². The van der Waals surface area contributed by atoms with Gasteiger partial charge in [-0.3, -0.25) is 4.79 Å². The molecule has 1 aliphatic carbocycles. The molecule has 1 unspecified atom stereocenters. The average molecular weight is 435 g/mol. The number of pyridine rings is 1. The molecule has 0 aliphatic heterocycles. The van der Waals surface area contributed by atoms with Gasteiger partial charge in [-0.05, 0) is 43.2 Å². The smallest absolute Gasteiger partial charge is 0.341 e. The summed E-state index contributed by atoms with van der Waals surface area (Å²) in [7, 11) is 3.32. The van der Waals surface area contributed by atoms with Crippen molar-refractivity contribution in [3.8, 4) is 0 Å². The summed E-state index contributed by atoms with van der Waals surface area (Å²) < 4.78 is 22.1. The number of hydrogen-bond donors (Lipinski definition) is 2. The van der Waals surface area contributed by atoms with Crippen LogP contribution in [0.5, 0.6) is 0 Å². The quantitative estimate of drug-likeness (QED) is 0.629. The maximum atomic E-state index is 15.2. The molecule has 0 saturated heterocycles. The standard InChI is InChI=1S/C23H31FN2O5/c1-13-19-16(21(28)17(22(29)30)10-26(19)14-6-7-14)8-18(24)20(13)25(4)12-23(2,3)9-15(27)11-31-5/h8,10,14-15,27H,6-7,9,11-12H2,1-5H3,(H,29,30). The first-order valence-electron chi connectivity index (χ1n) is 10.5. The number of aromatic nitrogens is 1. The van der Waals surface area contributed by atoms with Gasteiger partial charge in [0.1, 0.15) is 11.4 Å². The molecule has 3 rings (SSSR count). The summed E-state index contributed by atoms with van der Waals surface area (Å²) in [6, 6.07) is 1.28. The van der Waals surface area contributed by atoms with Gasteiger partial charge >= 0.3 is 5.97 Å². The van der Waals surface area contributed by atoms with Crippen LogP contribution >= 0.6 is 0 Å². The van der Waals surface area contributed by atoms with Crippen molar-refractivity contribution >= 4 is 22.6 Å². The van der Waals surface area contributed by atoms with E-state index in [1.54, 1.807) is 18.9 Å². The fourth-order valence-electron chi connectivity index (χ4n) is 4.61. The molecule has 1 saturated carbocycles. The fraction of sp³-hybridized carbons (Fsp3) is 0.565. The summed E-state index contributed by atoms with van der Waals surface area (Å²) >= 11 is 0. The second-order valence-corrected chi connectivity index (χ2v) is 9.38. The predicted octanol–water partition coefficient (Wildman–Crippen LogP) is 3.34. The first-order chi connectivity index (χ1) is 14.5. The Kier molecular flexibility index (Phi) is 6.43. The summed E-state index contributed by atoms with van der Waals surface area (Å²) in [6.45, 7) is 6.46. The number of carboxylic acids is 1. The minimum atomic E-state index is -1.31. The molecule has 0 spiro atoms. The highest BCUT2D eigenvalue weighted by Gasteiger charge is 2.30. The van der Waals surface area contributed by atoms with Crippen LogP contribution < -0.4 is 10.3 Å². The Morgan fingerprint density at radius 3 is 2.61 bits per heavy atom. The van der Waals surface area contributed by atoms with E-state index in [0.29, 0.717) is 29.7 Å². The van der Waals surface area contributed by atoms with E-state index in [9.17, 15) is 19.8 Å². The van der Waals surface area contributed by atoms with E-state index in [1.165, 1.54) is 13.3 Å². The lowest BCUT2D eigenvalue weighted by atomic mass is 9.86. The Hall–Kier alpha value is -2.45. The van der Waals surface area contributed by atoms with E-state index in [2.05, 4.69) is 0 Å². The van der Waals surface area contributed by atoms with E-state index in [0.717, 1.165) is 18.9 Å². The molecule has 2 N–H and O–H groups in total. The van der Waals surface area contributed by atoms with Gasteiger partial charge in [-0.25, -0.2) is 9.18 Å². The molecular weight excluding hydrogens is 403 g/mol. The first kappa shape index (κ1) is 23.2. The number of ether oxygens (including phenoxy) is 1. The van der Waals surface area contributed by atoms with E-state index in [1.807, 2.05) is 18.4 Å². The lowest BCUT2D eigenvalue weighted by Gasteiger charge is -2.34. The van der Waals surface area contributed by atoms with E-state index < -0.39 is 23.3 Å². The lowest BCUT2D eigenvalue weighted by Crippen LogP contribution is -2.36. The highest BCUT2D eigenvalue weighted by Crippen LogP contribution is 2.40. The van der Waals surface area contributed by atoms with Gasteiger partial charge in [-0.2, -0.15) is 0 Å². The van der Waals surface area contributed by atoms with Crippen LogP contribution in [0.25, 0.3) is 10.9 Å². The number of anilines is 1. The lowest BCUT2D eigenvalue weighted by molar-refractivity contribution is 0.0362. The zero-order valence-electron chi connectivity index (χ0n) is 18.7. The van der Waals surface area contributed by atoms with Gasteiger partial charge in [-0.1, -0.05) is 13.8 Å². The normalized spacial score (nSPS) is 15.3. The molecule has 1 aromatic carbocycles. The van der Waals surface area contributed by atoms with Crippen molar-refractivity contribution in [1.29, 1.82) is 0 Å². The van der Waals surface area contributed by atoms with Gasteiger partial charge in [0, 0.05) is 38.3 Å². The minimum absolute atomic E-state index is 0.0914. The van der Waals surface area contributed by atoms with Gasteiger partial charge in [0.05, 0.1) is 23.9 Å². The fourth-order valence-corrected chi connectivity index (χ4v) is 4.61. The molecule has 1 aromatic heterocycles. The average Bonchev–Trinajstić information content (AvgIpc) is 3.46. The van der Waals surface area contributed by atoms with Crippen molar-refractivity contribution in [2.45, 2.75) is 52.2 Å². The molecule has 31 heavy (non-hydrogen) atoms. The summed E-state index contributed by atoms with van der Waals surface area (Å²) in [5.74, 6) is -1.88. The summed E-state index contributed by atoms with van der Waals surface area (Å²) in [6.07, 6.45) is 3.04. The number of fused-ring (bicyclic) bond motifs is 1. The number of carboxylic acid groups (broad SMARTS) is 1. The molecule has 1 fully saturated rings. The second-order valence-electron chi connectivity index (χ2n) is 9.38. The molecule has 0 bridgehead atoms. The molecule has 170 valence electrons. The first-order valence-corrected chi connectivity index (χ1v) is 10.5. The number of benzene rings is 1. The SMILES string of the molecule is COCC(O)CC(C)(C)CN(C)c1c(F)cc2c(=O)c(C(=O)O)cn(C3CC3)c2c1C. The molecule has 1 aliphatic rings. The molecule has 8 heteroatoms. The summed E-state index contributed by atoms with van der Waals surface area (Å²) in [5.41, 5.74) is 0.221. The highest BCUT2D eigenvalue weighted by molar-refractivity contribution is 5.95. The Bertz CT molecular complexity index is 1060. The third kappa shape index (κ3) is 4.75. The Balaban J connectivity index is 2.08. The number of methoxy groups -OCH3 is 1. The number of aliphatic hydroxyl groups is 1. The Morgan fingerprint density at radius 2 is 2.06 bits per heavy atom. The summed E-state index contributed by atoms with van der Waals surface area (Å²) in [4.78, 5) is 26.1. The van der Waals surface area contributed by atoms with Gasteiger partial charge in [0.25, 0.3) is 0 Å². The van der Waals surface area contributed by atoms with Crippen LogP contribution in [0, 0.1) is 18.2 Å². The monoisotopic (exact) mass is 434 g/mol. The van der Waals surface area contributed by atoms with Gasteiger partial charge in [0.15, 0.2) is 0 Å². The molecule has 1 atom stereocenters.